The molecule has 15 nitrogen and oxygen atoms in total. The van der Waals surface area contributed by atoms with Crippen LogP contribution in [0.3, 0.4) is 0 Å². The number of nitro benzene ring substituents is 1. The Kier molecular flexibility index (Phi) is 13.6. The summed E-state index contributed by atoms with van der Waals surface area (Å²) in [5.74, 6) is -0.459. The predicted molar refractivity (Wildman–Crippen MR) is 252 cm³/mol. The van der Waals surface area contributed by atoms with E-state index in [9.17, 15) is 23.3 Å². The van der Waals surface area contributed by atoms with Gasteiger partial charge in [0.05, 0.1) is 21.6 Å². The van der Waals surface area contributed by atoms with Crippen LogP contribution in [0, 0.1) is 15.5 Å². The van der Waals surface area contributed by atoms with E-state index in [2.05, 4.69) is 72.6 Å². The highest BCUT2D eigenvalue weighted by Gasteiger charge is 2.30. The number of carbonyl (C=O) groups excluding carboxylic acids is 1. The number of hydrogen-bond acceptors (Lipinski definition) is 12. The summed E-state index contributed by atoms with van der Waals surface area (Å²) in [5, 5.41) is 16.8. The Balaban J connectivity index is 0.973. The first-order valence-electron chi connectivity index (χ1n) is 21.9. The molecular weight excluding hydrogens is 854 g/mol. The number of pyridine rings is 1. The van der Waals surface area contributed by atoms with Crippen LogP contribution >= 0.6 is 11.6 Å². The molecule has 2 fully saturated rings. The fourth-order valence-corrected chi connectivity index (χ4v) is 9.90. The second-order valence-electron chi connectivity index (χ2n) is 17.9. The number of halogens is 1. The molecule has 0 radical (unpaired) electrons. The van der Waals surface area contributed by atoms with Crippen molar-refractivity contribution in [1.82, 2.24) is 29.4 Å². The van der Waals surface area contributed by atoms with Gasteiger partial charge in [-0.15, -0.1) is 0 Å². The van der Waals surface area contributed by atoms with E-state index in [4.69, 9.17) is 16.3 Å². The highest BCUT2D eigenvalue weighted by Crippen LogP contribution is 2.43. The minimum Gasteiger partial charge on any atom is -0.455 e. The molecule has 0 unspecified atom stereocenters. The molecule has 2 aliphatic heterocycles. The Labute approximate surface area is 379 Å². The number of piperazine rings is 2. The third-order valence-electron chi connectivity index (χ3n) is 12.6. The van der Waals surface area contributed by atoms with Gasteiger partial charge in [0.15, 0.2) is 0 Å². The van der Waals surface area contributed by atoms with Crippen molar-refractivity contribution >= 4 is 61.2 Å². The molecule has 1 aliphatic carbocycles. The molecule has 1 amide bonds. The van der Waals surface area contributed by atoms with Gasteiger partial charge in [-0.3, -0.25) is 19.8 Å². The van der Waals surface area contributed by atoms with Gasteiger partial charge in [-0.2, -0.15) is 0 Å². The van der Waals surface area contributed by atoms with Crippen LogP contribution in [0.1, 0.15) is 55.5 Å². The number of amides is 1. The standard InChI is InChI=1S/C47H56ClN9O6S/c1-47(2)15-13-35(41(30-47)33-5-7-36(48)8-6-33)32-55-23-25-56(26-24-55)37-9-11-40(44(28-37)63-38-27-34-14-17-50-45(34)51-31-38)46(58)52-64(61,62)39-10-12-42(43(29-39)57(59)60)49-16-4-18-54-21-19-53(3)20-22-54/h5-12,14,17,27-29,31,49H,4,13,15-16,18-26,30,32H2,1-3H3,(H,50,51)(H,52,58). The Morgan fingerprint density at radius 2 is 1.70 bits per heavy atom. The zero-order chi connectivity index (χ0) is 45.0. The summed E-state index contributed by atoms with van der Waals surface area (Å²) in [7, 11) is -2.46. The predicted octanol–water partition coefficient (Wildman–Crippen LogP) is 7.87. The second kappa shape index (κ2) is 19.3. The molecule has 8 rings (SSSR count). The summed E-state index contributed by atoms with van der Waals surface area (Å²) in [5.41, 5.74) is 5.58. The van der Waals surface area contributed by atoms with Gasteiger partial charge in [0.25, 0.3) is 21.6 Å². The number of aromatic nitrogens is 2. The normalized spacial score (nSPS) is 17.7. The average molecular weight is 911 g/mol. The van der Waals surface area contributed by atoms with Gasteiger partial charge >= 0.3 is 0 Å². The minimum absolute atomic E-state index is 0.0323. The largest absolute Gasteiger partial charge is 0.455 e. The third-order valence-corrected chi connectivity index (χ3v) is 14.2. The number of nitro groups is 1. The summed E-state index contributed by atoms with van der Waals surface area (Å²) >= 11 is 6.25. The van der Waals surface area contributed by atoms with E-state index in [0.29, 0.717) is 17.9 Å². The summed E-state index contributed by atoms with van der Waals surface area (Å²) < 4.78 is 35.9. The number of sulfonamides is 1. The molecule has 3 N–H and O–H groups in total. The Hall–Kier alpha value is -5.52. The number of likely N-dealkylation sites (N-methyl/N-ethyl adjacent to an activating group) is 1. The molecule has 5 aromatic rings. The smallest absolute Gasteiger partial charge is 0.293 e. The fourth-order valence-electron chi connectivity index (χ4n) is 8.79. The van der Waals surface area contributed by atoms with E-state index in [1.54, 1.807) is 30.5 Å². The topological polar surface area (TPSA) is 169 Å². The Morgan fingerprint density at radius 3 is 2.45 bits per heavy atom. The molecule has 0 bridgehead atoms. The number of aromatic amines is 1. The molecule has 4 heterocycles. The van der Waals surface area contributed by atoms with Crippen LogP contribution in [-0.4, -0.2) is 123 Å². The van der Waals surface area contributed by atoms with Gasteiger partial charge < -0.3 is 29.7 Å². The number of allylic oxidation sites excluding steroid dienone is 1. The molecule has 338 valence electrons. The minimum atomic E-state index is -4.55. The lowest BCUT2D eigenvalue weighted by Gasteiger charge is -2.39. The van der Waals surface area contributed by atoms with Crippen LogP contribution in [0.5, 0.6) is 11.5 Å². The quantitative estimate of drug-likeness (QED) is 0.0529. The van der Waals surface area contributed by atoms with Gasteiger partial charge in [0.2, 0.25) is 0 Å². The van der Waals surface area contributed by atoms with Crippen LogP contribution in [0.4, 0.5) is 17.1 Å². The lowest BCUT2D eigenvalue weighted by Crippen LogP contribution is -2.47. The lowest BCUT2D eigenvalue weighted by molar-refractivity contribution is -0.384. The highest BCUT2D eigenvalue weighted by molar-refractivity contribution is 7.90. The molecule has 64 heavy (non-hydrogen) atoms. The lowest BCUT2D eigenvalue weighted by atomic mass is 9.72. The van der Waals surface area contributed by atoms with Crippen LogP contribution in [-0.2, 0) is 10.0 Å². The maximum Gasteiger partial charge on any atom is 0.293 e. The fraction of sp³-hybridized carbons (Fsp3) is 0.404. The van der Waals surface area contributed by atoms with E-state index in [0.717, 1.165) is 113 Å². The van der Waals surface area contributed by atoms with Crippen LogP contribution in [0.2, 0.25) is 5.02 Å². The first-order valence-corrected chi connectivity index (χ1v) is 23.8. The number of H-pyrrole nitrogens is 1. The number of fused-ring (bicyclic) bond motifs is 1. The van der Waals surface area contributed by atoms with Crippen molar-refractivity contribution in [2.45, 2.75) is 44.4 Å². The number of nitrogens with zero attached hydrogens (tertiary/aromatic N) is 6. The molecule has 3 aliphatic rings. The van der Waals surface area contributed by atoms with E-state index < -0.39 is 31.4 Å². The number of rotatable bonds is 15. The molecule has 0 saturated carbocycles. The number of ether oxygens (including phenoxy) is 1. The first-order chi connectivity index (χ1) is 30.7. The number of benzene rings is 3. The van der Waals surface area contributed by atoms with Crippen LogP contribution in [0.15, 0.2) is 95.7 Å². The van der Waals surface area contributed by atoms with E-state index in [-0.39, 0.29) is 22.4 Å². The van der Waals surface area contributed by atoms with Gasteiger partial charge in [-0.05, 0) is 104 Å². The molecule has 0 spiro atoms. The third kappa shape index (κ3) is 10.9. The van der Waals surface area contributed by atoms with E-state index >= 15 is 0 Å². The summed E-state index contributed by atoms with van der Waals surface area (Å²) in [4.78, 5) is 41.9. The SMILES string of the molecule is CN1CCN(CCCNc2ccc(S(=O)(=O)NC(=O)c3ccc(N4CCN(CC5=C(c6ccc(Cl)cc6)CC(C)(C)CC5)CC4)cc3Oc3cnc4[nH]ccc4c3)cc2[N+](=O)[O-])CC1. The van der Waals surface area contributed by atoms with E-state index in [1.165, 1.54) is 35.0 Å². The summed E-state index contributed by atoms with van der Waals surface area (Å²) in [6.07, 6.45) is 7.25. The van der Waals surface area contributed by atoms with Gasteiger partial charge in [-0.25, -0.2) is 18.1 Å². The van der Waals surface area contributed by atoms with Crippen molar-refractivity contribution in [3.63, 3.8) is 0 Å². The van der Waals surface area contributed by atoms with Crippen molar-refractivity contribution in [3.05, 3.63) is 117 Å². The summed E-state index contributed by atoms with van der Waals surface area (Å²) in [6.45, 7) is 13.9. The molecular formula is C47H56ClN9O6S. The van der Waals surface area contributed by atoms with Crippen molar-refractivity contribution in [3.8, 4) is 11.5 Å². The zero-order valence-electron chi connectivity index (χ0n) is 36.6. The van der Waals surface area contributed by atoms with E-state index in [1.807, 2.05) is 18.2 Å². The number of carbonyl (C=O) groups is 1. The van der Waals surface area contributed by atoms with Crippen molar-refractivity contribution < 1.29 is 22.9 Å². The van der Waals surface area contributed by atoms with Crippen molar-refractivity contribution in [2.75, 3.05) is 89.3 Å². The number of nitrogens with one attached hydrogen (secondary N) is 3. The number of hydrogen-bond donors (Lipinski definition) is 3. The molecule has 2 aromatic heterocycles. The van der Waals surface area contributed by atoms with Crippen molar-refractivity contribution in [1.29, 1.82) is 0 Å². The molecule has 3 aromatic carbocycles. The van der Waals surface area contributed by atoms with Gasteiger partial charge in [0, 0.05) is 99.9 Å². The molecule has 17 heteroatoms. The Bertz CT molecular complexity index is 2640. The van der Waals surface area contributed by atoms with Crippen molar-refractivity contribution in [2.24, 2.45) is 5.41 Å². The average Bonchev–Trinajstić information content (AvgIpc) is 3.75. The monoisotopic (exact) mass is 909 g/mol. The van der Waals surface area contributed by atoms with Gasteiger partial charge in [0.1, 0.15) is 22.8 Å². The molecule has 0 atom stereocenters. The second-order valence-corrected chi connectivity index (χ2v) is 20.0. The first kappa shape index (κ1) is 45.1. The Morgan fingerprint density at radius 1 is 0.953 bits per heavy atom. The van der Waals surface area contributed by atoms with Gasteiger partial charge in [-0.1, -0.05) is 43.2 Å². The maximum atomic E-state index is 14.0. The highest BCUT2D eigenvalue weighted by atomic mass is 35.5. The number of anilines is 2. The maximum absolute atomic E-state index is 14.0. The zero-order valence-corrected chi connectivity index (χ0v) is 38.2. The molecule has 2 saturated heterocycles. The van der Waals surface area contributed by atoms with Crippen LogP contribution < -0.4 is 19.7 Å². The summed E-state index contributed by atoms with van der Waals surface area (Å²) in [6, 6.07) is 20.5. The van der Waals surface area contributed by atoms with Crippen LogP contribution in [0.25, 0.3) is 16.6 Å².